The van der Waals surface area contributed by atoms with Crippen LogP contribution in [0.1, 0.15) is 11.7 Å². The lowest BCUT2D eigenvalue weighted by atomic mass is 10.1. The number of aromatic hydroxyl groups is 2. The van der Waals surface area contributed by atoms with Crippen molar-refractivity contribution in [2.75, 3.05) is 6.26 Å². The molecule has 0 saturated heterocycles. The first-order valence-corrected chi connectivity index (χ1v) is 9.62. The van der Waals surface area contributed by atoms with Crippen LogP contribution in [0.15, 0.2) is 51.0 Å². The highest BCUT2D eigenvalue weighted by molar-refractivity contribution is 9.10. The number of nitrogens with one attached hydrogen (secondary N) is 1. The van der Waals surface area contributed by atoms with E-state index in [4.69, 9.17) is 4.99 Å². The Kier molecular flexibility index (Phi) is 4.12. The zero-order valence-electron chi connectivity index (χ0n) is 13.5. The van der Waals surface area contributed by atoms with Crippen molar-refractivity contribution in [2.45, 2.75) is 6.17 Å². The topological polar surface area (TPSA) is 97.5 Å². The molecule has 132 valence electrons. The van der Waals surface area contributed by atoms with E-state index in [1.807, 2.05) is 24.5 Å². The summed E-state index contributed by atoms with van der Waals surface area (Å²) in [6, 6.07) is 9.95. The van der Waals surface area contributed by atoms with Crippen LogP contribution in [0.3, 0.4) is 0 Å². The van der Waals surface area contributed by atoms with E-state index in [1.165, 1.54) is 23.9 Å². The molecule has 2 aliphatic heterocycles. The van der Waals surface area contributed by atoms with Gasteiger partial charge in [-0.3, -0.25) is 15.1 Å². The van der Waals surface area contributed by atoms with Crippen LogP contribution in [0.4, 0.5) is 0 Å². The molecule has 2 heterocycles. The second-order valence-corrected chi connectivity index (χ2v) is 7.38. The molecule has 9 heteroatoms. The summed E-state index contributed by atoms with van der Waals surface area (Å²) in [6.07, 6.45) is 1.18. The van der Waals surface area contributed by atoms with Gasteiger partial charge in [-0.1, -0.05) is 33.8 Å². The number of halogens is 1. The van der Waals surface area contributed by atoms with Gasteiger partial charge in [0.15, 0.2) is 22.8 Å². The number of amides is 1. The van der Waals surface area contributed by atoms with Crippen molar-refractivity contribution < 1.29 is 15.0 Å². The first-order valence-electron chi connectivity index (χ1n) is 7.60. The van der Waals surface area contributed by atoms with Crippen molar-refractivity contribution in [3.63, 3.8) is 0 Å². The van der Waals surface area contributed by atoms with Gasteiger partial charge in [0, 0.05) is 15.3 Å². The highest BCUT2D eigenvalue weighted by Gasteiger charge is 2.34. The number of hydrogen-bond donors (Lipinski definition) is 3. The molecular formula is C17H13BrN4O3S. The minimum atomic E-state index is -0.640. The average molecular weight is 433 g/mol. The predicted molar refractivity (Wildman–Crippen MR) is 102 cm³/mol. The maximum atomic E-state index is 12.7. The number of hydrazone groups is 1. The minimum Gasteiger partial charge on any atom is -0.504 e. The van der Waals surface area contributed by atoms with E-state index in [9.17, 15) is 15.0 Å². The Morgan fingerprint density at radius 2 is 2.00 bits per heavy atom. The SMILES string of the molecule is CSC1=NN2C(=c3cc(Br)ccc3=NC2c2ccc(O)c(O)c2)C(=O)N1. The van der Waals surface area contributed by atoms with Gasteiger partial charge < -0.3 is 10.2 Å². The third-order valence-corrected chi connectivity index (χ3v) is 5.12. The number of carbonyl (C=O) groups excluding carboxylic acids is 1. The van der Waals surface area contributed by atoms with Gasteiger partial charge in [-0.2, -0.15) is 0 Å². The molecule has 0 fully saturated rings. The first kappa shape index (κ1) is 16.9. The summed E-state index contributed by atoms with van der Waals surface area (Å²) in [6.45, 7) is 0. The third-order valence-electron chi connectivity index (χ3n) is 4.06. The van der Waals surface area contributed by atoms with Crippen LogP contribution in [-0.2, 0) is 4.79 Å². The smallest absolute Gasteiger partial charge is 0.276 e. The number of phenols is 2. The summed E-state index contributed by atoms with van der Waals surface area (Å²) in [5.41, 5.74) is 0.983. The molecule has 0 aliphatic carbocycles. The Labute approximate surface area is 160 Å². The van der Waals surface area contributed by atoms with Crippen LogP contribution < -0.4 is 15.9 Å². The quantitative estimate of drug-likeness (QED) is 0.591. The third kappa shape index (κ3) is 2.73. The molecule has 0 aromatic heterocycles. The zero-order chi connectivity index (χ0) is 18.4. The van der Waals surface area contributed by atoms with E-state index in [0.29, 0.717) is 27.0 Å². The Morgan fingerprint density at radius 1 is 1.19 bits per heavy atom. The monoisotopic (exact) mass is 432 g/mol. The average Bonchev–Trinajstić information content (AvgIpc) is 2.63. The van der Waals surface area contributed by atoms with Crippen LogP contribution in [0, 0.1) is 0 Å². The van der Waals surface area contributed by atoms with E-state index in [1.54, 1.807) is 11.1 Å². The van der Waals surface area contributed by atoms with Crippen molar-refractivity contribution in [3.05, 3.63) is 57.0 Å². The molecule has 1 unspecified atom stereocenters. The molecule has 26 heavy (non-hydrogen) atoms. The minimum absolute atomic E-state index is 0.220. The summed E-state index contributed by atoms with van der Waals surface area (Å²) in [5, 5.41) is 30.0. The van der Waals surface area contributed by atoms with Gasteiger partial charge in [-0.25, -0.2) is 5.01 Å². The highest BCUT2D eigenvalue weighted by atomic mass is 79.9. The molecule has 1 amide bonds. The summed E-state index contributed by atoms with van der Waals surface area (Å²) in [4.78, 5) is 17.4. The Morgan fingerprint density at radius 3 is 2.73 bits per heavy atom. The Bertz CT molecular complexity index is 1090. The van der Waals surface area contributed by atoms with Gasteiger partial charge in [-0.05, 0) is 36.6 Å². The maximum Gasteiger partial charge on any atom is 0.276 e. The van der Waals surface area contributed by atoms with Crippen LogP contribution in [0.2, 0.25) is 0 Å². The predicted octanol–water partition coefficient (Wildman–Crippen LogP) is 1.37. The summed E-state index contributed by atoms with van der Waals surface area (Å²) in [7, 11) is 0. The standard InChI is InChI=1S/C17H13BrN4O3S/c1-26-17-20-16(25)14-10-7-9(18)3-4-11(10)19-15(22(14)21-17)8-2-5-12(23)13(24)6-8/h2-7,15,23-24H,1H3,(H,20,21,25). The molecule has 2 aromatic rings. The summed E-state index contributed by atoms with van der Waals surface area (Å²) < 4.78 is 0.826. The van der Waals surface area contributed by atoms with Crippen LogP contribution in [0.25, 0.3) is 5.70 Å². The van der Waals surface area contributed by atoms with Crippen molar-refractivity contribution in [1.29, 1.82) is 0 Å². The number of fused-ring (bicyclic) bond motifs is 2. The fraction of sp³-hybridized carbons (Fsp3) is 0.118. The summed E-state index contributed by atoms with van der Waals surface area (Å²) in [5.74, 6) is -0.745. The van der Waals surface area contributed by atoms with E-state index in [2.05, 4.69) is 26.3 Å². The molecule has 0 bridgehead atoms. The van der Waals surface area contributed by atoms with Crippen molar-refractivity contribution >= 4 is 44.5 Å². The number of hydrogen-bond acceptors (Lipinski definition) is 7. The Balaban J connectivity index is 2.00. The number of benzene rings is 2. The zero-order valence-corrected chi connectivity index (χ0v) is 15.9. The number of thioether (sulfide) groups is 1. The van der Waals surface area contributed by atoms with Gasteiger partial charge in [0.25, 0.3) is 5.91 Å². The number of carbonyl (C=O) groups is 1. The van der Waals surface area contributed by atoms with Crippen LogP contribution >= 0.6 is 27.7 Å². The lowest BCUT2D eigenvalue weighted by Crippen LogP contribution is -2.50. The molecule has 2 aromatic carbocycles. The number of rotatable bonds is 1. The van der Waals surface area contributed by atoms with E-state index >= 15 is 0 Å². The molecule has 2 aliphatic rings. The lowest BCUT2D eigenvalue weighted by Gasteiger charge is -2.34. The molecule has 0 saturated carbocycles. The molecule has 7 nitrogen and oxygen atoms in total. The fourth-order valence-electron chi connectivity index (χ4n) is 2.86. The molecule has 0 radical (unpaired) electrons. The lowest BCUT2D eigenvalue weighted by molar-refractivity contribution is -0.116. The number of nitrogens with zero attached hydrogens (tertiary/aromatic N) is 3. The van der Waals surface area contributed by atoms with Crippen molar-refractivity contribution in [2.24, 2.45) is 10.1 Å². The van der Waals surface area contributed by atoms with Crippen LogP contribution in [0.5, 0.6) is 11.5 Å². The molecule has 1 atom stereocenters. The van der Waals surface area contributed by atoms with Gasteiger partial charge in [-0.15, -0.1) is 5.10 Å². The van der Waals surface area contributed by atoms with E-state index in [0.717, 1.165) is 4.47 Å². The van der Waals surface area contributed by atoms with Gasteiger partial charge in [0.2, 0.25) is 0 Å². The van der Waals surface area contributed by atoms with E-state index in [-0.39, 0.29) is 17.4 Å². The summed E-state index contributed by atoms with van der Waals surface area (Å²) >= 11 is 4.74. The Hall–Kier alpha value is -2.52. The van der Waals surface area contributed by atoms with Gasteiger partial charge in [0.05, 0.1) is 5.36 Å². The normalized spacial score (nSPS) is 18.5. The molecule has 4 rings (SSSR count). The van der Waals surface area contributed by atoms with Gasteiger partial charge in [0.1, 0.15) is 5.70 Å². The number of amidine groups is 1. The van der Waals surface area contributed by atoms with Gasteiger partial charge >= 0.3 is 0 Å². The molecule has 3 N–H and O–H groups in total. The largest absolute Gasteiger partial charge is 0.504 e. The highest BCUT2D eigenvalue weighted by Crippen LogP contribution is 2.34. The maximum absolute atomic E-state index is 12.7. The van der Waals surface area contributed by atoms with Crippen molar-refractivity contribution in [1.82, 2.24) is 10.3 Å². The van der Waals surface area contributed by atoms with Crippen molar-refractivity contribution in [3.8, 4) is 11.5 Å². The second-order valence-electron chi connectivity index (χ2n) is 5.67. The molecular weight excluding hydrogens is 420 g/mol. The van der Waals surface area contributed by atoms with E-state index < -0.39 is 6.17 Å². The first-order chi connectivity index (χ1) is 12.5. The fourth-order valence-corrected chi connectivity index (χ4v) is 3.59. The number of phenolic OH excluding ortho intramolecular Hbond substituents is 2. The van der Waals surface area contributed by atoms with Crippen LogP contribution in [-0.4, -0.2) is 32.6 Å². The molecule has 0 spiro atoms. The second kappa shape index (κ2) is 6.33.